The standard InChI is InChI=1S/C16H27FN2/c1-5-6-7-10-16(3,4)12-19-13(2)15-9-8-14(17)11-18-15/h8-9,11,13,19H,5-7,10,12H2,1-4H3. The molecule has 2 nitrogen and oxygen atoms in total. The van der Waals surface area contributed by atoms with Crippen LogP contribution in [-0.2, 0) is 0 Å². The summed E-state index contributed by atoms with van der Waals surface area (Å²) in [4.78, 5) is 4.12. The minimum absolute atomic E-state index is 0.158. The zero-order valence-electron chi connectivity index (χ0n) is 12.7. The van der Waals surface area contributed by atoms with Gasteiger partial charge >= 0.3 is 0 Å². The Morgan fingerprint density at radius 3 is 2.63 bits per heavy atom. The van der Waals surface area contributed by atoms with Crippen molar-refractivity contribution in [3.8, 4) is 0 Å². The van der Waals surface area contributed by atoms with Crippen LogP contribution < -0.4 is 5.32 Å². The summed E-state index contributed by atoms with van der Waals surface area (Å²) in [7, 11) is 0. The van der Waals surface area contributed by atoms with Crippen molar-refractivity contribution in [2.75, 3.05) is 6.54 Å². The van der Waals surface area contributed by atoms with Crippen molar-refractivity contribution in [3.05, 3.63) is 29.8 Å². The van der Waals surface area contributed by atoms with Crippen LogP contribution in [0.4, 0.5) is 4.39 Å². The van der Waals surface area contributed by atoms with Crippen LogP contribution in [0.25, 0.3) is 0 Å². The van der Waals surface area contributed by atoms with Gasteiger partial charge in [0.2, 0.25) is 0 Å². The summed E-state index contributed by atoms with van der Waals surface area (Å²) >= 11 is 0. The van der Waals surface area contributed by atoms with Crippen molar-refractivity contribution in [3.63, 3.8) is 0 Å². The smallest absolute Gasteiger partial charge is 0.141 e. The molecule has 0 fully saturated rings. The molecule has 1 aromatic rings. The fraction of sp³-hybridized carbons (Fsp3) is 0.688. The van der Waals surface area contributed by atoms with E-state index in [0.29, 0.717) is 5.41 Å². The predicted octanol–water partition coefficient (Wildman–Crippen LogP) is 4.48. The maximum atomic E-state index is 12.8. The van der Waals surface area contributed by atoms with Gasteiger partial charge < -0.3 is 5.32 Å². The molecule has 0 aromatic carbocycles. The first-order valence-electron chi connectivity index (χ1n) is 7.29. The number of rotatable bonds is 8. The predicted molar refractivity (Wildman–Crippen MR) is 78.5 cm³/mol. The summed E-state index contributed by atoms with van der Waals surface area (Å²) in [6.07, 6.45) is 6.36. The van der Waals surface area contributed by atoms with Crippen LogP contribution in [0, 0.1) is 11.2 Å². The van der Waals surface area contributed by atoms with Gasteiger partial charge in [0.05, 0.1) is 11.9 Å². The molecule has 0 aliphatic rings. The maximum Gasteiger partial charge on any atom is 0.141 e. The number of halogens is 1. The lowest BCUT2D eigenvalue weighted by Crippen LogP contribution is -2.31. The average molecular weight is 266 g/mol. The first kappa shape index (κ1) is 16.1. The van der Waals surface area contributed by atoms with E-state index >= 15 is 0 Å². The highest BCUT2D eigenvalue weighted by atomic mass is 19.1. The quantitative estimate of drug-likeness (QED) is 0.702. The van der Waals surface area contributed by atoms with Crippen molar-refractivity contribution in [2.24, 2.45) is 5.41 Å². The van der Waals surface area contributed by atoms with Gasteiger partial charge in [-0.1, -0.05) is 40.0 Å². The van der Waals surface area contributed by atoms with E-state index in [9.17, 15) is 4.39 Å². The van der Waals surface area contributed by atoms with Gasteiger partial charge in [-0.15, -0.1) is 0 Å². The van der Waals surface area contributed by atoms with Crippen molar-refractivity contribution >= 4 is 0 Å². The Bertz CT molecular complexity index is 360. The number of hydrogen-bond donors (Lipinski definition) is 1. The molecular formula is C16H27FN2. The van der Waals surface area contributed by atoms with E-state index in [-0.39, 0.29) is 11.9 Å². The van der Waals surface area contributed by atoms with Gasteiger partial charge in [-0.2, -0.15) is 0 Å². The second kappa shape index (κ2) is 7.59. The number of nitrogens with one attached hydrogen (secondary N) is 1. The Kier molecular flexibility index (Phi) is 6.43. The number of unbranched alkanes of at least 4 members (excludes halogenated alkanes) is 2. The van der Waals surface area contributed by atoms with Gasteiger partial charge in [-0.25, -0.2) is 4.39 Å². The molecule has 0 aliphatic heterocycles. The molecule has 1 rings (SSSR count). The molecule has 1 heterocycles. The third-order valence-electron chi connectivity index (χ3n) is 3.54. The van der Waals surface area contributed by atoms with E-state index in [1.54, 1.807) is 6.07 Å². The first-order valence-corrected chi connectivity index (χ1v) is 7.29. The number of nitrogens with zero attached hydrogens (tertiary/aromatic N) is 1. The molecule has 1 atom stereocenters. The number of aromatic nitrogens is 1. The molecule has 0 amide bonds. The van der Waals surface area contributed by atoms with Crippen molar-refractivity contribution in [1.82, 2.24) is 10.3 Å². The highest BCUT2D eigenvalue weighted by molar-refractivity contribution is 5.09. The molecule has 1 unspecified atom stereocenters. The lowest BCUT2D eigenvalue weighted by atomic mass is 9.86. The molecule has 0 radical (unpaired) electrons. The topological polar surface area (TPSA) is 24.9 Å². The summed E-state index contributed by atoms with van der Waals surface area (Å²) in [5.74, 6) is -0.282. The Morgan fingerprint density at radius 1 is 1.32 bits per heavy atom. The van der Waals surface area contributed by atoms with Crippen LogP contribution in [0.15, 0.2) is 18.3 Å². The fourth-order valence-corrected chi connectivity index (χ4v) is 2.12. The van der Waals surface area contributed by atoms with Crippen LogP contribution in [-0.4, -0.2) is 11.5 Å². The zero-order chi connectivity index (χ0) is 14.3. The number of hydrogen-bond acceptors (Lipinski definition) is 2. The molecule has 0 saturated carbocycles. The van der Waals surface area contributed by atoms with Gasteiger partial charge in [0.1, 0.15) is 5.82 Å². The largest absolute Gasteiger partial charge is 0.308 e. The summed E-state index contributed by atoms with van der Waals surface area (Å²) in [6, 6.07) is 3.37. The maximum absolute atomic E-state index is 12.8. The summed E-state index contributed by atoms with van der Waals surface area (Å²) in [6.45, 7) is 9.84. The van der Waals surface area contributed by atoms with Gasteiger partial charge in [0.15, 0.2) is 0 Å². The van der Waals surface area contributed by atoms with Gasteiger partial charge in [-0.05, 0) is 30.9 Å². The van der Waals surface area contributed by atoms with Gasteiger partial charge in [0.25, 0.3) is 0 Å². The zero-order valence-corrected chi connectivity index (χ0v) is 12.7. The van der Waals surface area contributed by atoms with Crippen LogP contribution in [0.5, 0.6) is 0 Å². The Hall–Kier alpha value is -0.960. The third-order valence-corrected chi connectivity index (χ3v) is 3.54. The van der Waals surface area contributed by atoms with Crippen LogP contribution in [0.1, 0.15) is 65.1 Å². The minimum atomic E-state index is -0.282. The lowest BCUT2D eigenvalue weighted by molar-refractivity contribution is 0.290. The van der Waals surface area contributed by atoms with Crippen LogP contribution in [0.3, 0.4) is 0 Å². The molecule has 0 bridgehead atoms. The van der Waals surface area contributed by atoms with Crippen molar-refractivity contribution < 1.29 is 4.39 Å². The second-order valence-corrected chi connectivity index (χ2v) is 6.13. The minimum Gasteiger partial charge on any atom is -0.308 e. The van der Waals surface area contributed by atoms with Crippen molar-refractivity contribution in [2.45, 2.75) is 59.4 Å². The van der Waals surface area contributed by atoms with E-state index in [0.717, 1.165) is 12.2 Å². The second-order valence-electron chi connectivity index (χ2n) is 6.13. The highest BCUT2D eigenvalue weighted by Gasteiger charge is 2.18. The Balaban J connectivity index is 2.40. The lowest BCUT2D eigenvalue weighted by Gasteiger charge is -2.27. The molecule has 19 heavy (non-hydrogen) atoms. The van der Waals surface area contributed by atoms with E-state index < -0.39 is 0 Å². The van der Waals surface area contributed by atoms with E-state index in [2.05, 4.69) is 38.0 Å². The van der Waals surface area contributed by atoms with E-state index in [4.69, 9.17) is 0 Å². The Labute approximate surface area is 116 Å². The third kappa shape index (κ3) is 6.15. The molecule has 0 spiro atoms. The summed E-state index contributed by atoms with van der Waals surface area (Å²) in [5.41, 5.74) is 1.19. The average Bonchev–Trinajstić information content (AvgIpc) is 2.37. The van der Waals surface area contributed by atoms with E-state index in [1.165, 1.54) is 37.9 Å². The fourth-order valence-electron chi connectivity index (χ4n) is 2.12. The molecule has 1 N–H and O–H groups in total. The summed E-state index contributed by atoms with van der Waals surface area (Å²) < 4.78 is 12.8. The number of pyridine rings is 1. The first-order chi connectivity index (χ1) is 8.94. The van der Waals surface area contributed by atoms with E-state index in [1.807, 2.05) is 0 Å². The van der Waals surface area contributed by atoms with Gasteiger partial charge in [0, 0.05) is 12.6 Å². The molecular weight excluding hydrogens is 239 g/mol. The van der Waals surface area contributed by atoms with Crippen molar-refractivity contribution in [1.29, 1.82) is 0 Å². The molecule has 0 aliphatic carbocycles. The SMILES string of the molecule is CCCCCC(C)(C)CNC(C)c1ccc(F)cn1. The van der Waals surface area contributed by atoms with Crippen LogP contribution >= 0.6 is 0 Å². The molecule has 3 heteroatoms. The molecule has 108 valence electrons. The highest BCUT2D eigenvalue weighted by Crippen LogP contribution is 2.24. The monoisotopic (exact) mass is 266 g/mol. The van der Waals surface area contributed by atoms with Crippen LogP contribution in [0.2, 0.25) is 0 Å². The Morgan fingerprint density at radius 2 is 2.05 bits per heavy atom. The normalized spacial score (nSPS) is 13.5. The van der Waals surface area contributed by atoms with Gasteiger partial charge in [-0.3, -0.25) is 4.98 Å². The molecule has 1 aromatic heterocycles. The summed E-state index contributed by atoms with van der Waals surface area (Å²) in [5, 5.41) is 3.50. The molecule has 0 saturated heterocycles.